The van der Waals surface area contributed by atoms with E-state index in [-0.39, 0.29) is 5.82 Å². The number of hydrogen-bond acceptors (Lipinski definition) is 0. The normalized spacial score (nSPS) is 9.64. The Bertz CT molecular complexity index is 246. The van der Waals surface area contributed by atoms with Gasteiger partial charge in [-0.2, -0.15) is 0 Å². The monoisotopic (exact) mass is 150 g/mol. The SMILES string of the molecule is C=C(C)Cc1ccc(F)cc1. The Labute approximate surface area is 66.4 Å². The molecule has 0 heterocycles. The summed E-state index contributed by atoms with van der Waals surface area (Å²) in [5, 5.41) is 0. The van der Waals surface area contributed by atoms with E-state index in [1.807, 2.05) is 6.92 Å². The van der Waals surface area contributed by atoms with Crippen LogP contribution in [0, 0.1) is 5.82 Å². The Morgan fingerprint density at radius 3 is 2.36 bits per heavy atom. The van der Waals surface area contributed by atoms with Crippen LogP contribution in [0.5, 0.6) is 0 Å². The third kappa shape index (κ3) is 2.54. The predicted molar refractivity (Wildman–Crippen MR) is 44.9 cm³/mol. The molecule has 0 aliphatic heterocycles. The summed E-state index contributed by atoms with van der Waals surface area (Å²) in [5.41, 5.74) is 2.20. The van der Waals surface area contributed by atoms with E-state index >= 15 is 0 Å². The number of halogens is 1. The zero-order valence-corrected chi connectivity index (χ0v) is 6.60. The molecule has 0 unspecified atom stereocenters. The third-order valence-corrected chi connectivity index (χ3v) is 1.42. The number of hydrogen-bond donors (Lipinski definition) is 0. The quantitative estimate of drug-likeness (QED) is 0.568. The lowest BCUT2D eigenvalue weighted by molar-refractivity contribution is 0.627. The average Bonchev–Trinajstić information content (AvgIpc) is 1.93. The molecular weight excluding hydrogens is 139 g/mol. The van der Waals surface area contributed by atoms with Gasteiger partial charge in [0.15, 0.2) is 0 Å². The molecule has 0 amide bonds. The van der Waals surface area contributed by atoms with E-state index in [0.29, 0.717) is 0 Å². The van der Waals surface area contributed by atoms with Crippen molar-refractivity contribution in [2.45, 2.75) is 13.3 Å². The maximum Gasteiger partial charge on any atom is 0.123 e. The predicted octanol–water partition coefficient (Wildman–Crippen LogP) is 2.94. The molecule has 11 heavy (non-hydrogen) atoms. The third-order valence-electron chi connectivity index (χ3n) is 1.42. The second-order valence-corrected chi connectivity index (χ2v) is 2.76. The average molecular weight is 150 g/mol. The highest BCUT2D eigenvalue weighted by Gasteiger charge is 1.92. The molecular formula is C10H11F. The zero-order chi connectivity index (χ0) is 8.27. The van der Waals surface area contributed by atoms with Crippen LogP contribution in [0.15, 0.2) is 36.4 Å². The summed E-state index contributed by atoms with van der Waals surface area (Å²) in [7, 11) is 0. The van der Waals surface area contributed by atoms with Gasteiger partial charge in [0, 0.05) is 0 Å². The largest absolute Gasteiger partial charge is 0.207 e. The van der Waals surface area contributed by atoms with Gasteiger partial charge in [-0.15, -0.1) is 0 Å². The molecule has 0 aliphatic rings. The Hall–Kier alpha value is -1.11. The van der Waals surface area contributed by atoms with E-state index in [4.69, 9.17) is 0 Å². The van der Waals surface area contributed by atoms with Crippen molar-refractivity contribution >= 4 is 0 Å². The van der Waals surface area contributed by atoms with Gasteiger partial charge in [-0.05, 0) is 31.0 Å². The molecule has 0 nitrogen and oxygen atoms in total. The van der Waals surface area contributed by atoms with Gasteiger partial charge in [0.25, 0.3) is 0 Å². The second-order valence-electron chi connectivity index (χ2n) is 2.76. The van der Waals surface area contributed by atoms with Crippen molar-refractivity contribution < 1.29 is 4.39 Å². The minimum Gasteiger partial charge on any atom is -0.207 e. The first-order valence-corrected chi connectivity index (χ1v) is 3.57. The smallest absolute Gasteiger partial charge is 0.123 e. The lowest BCUT2D eigenvalue weighted by Gasteiger charge is -1.98. The van der Waals surface area contributed by atoms with Crippen LogP contribution in [0.25, 0.3) is 0 Å². The molecule has 0 saturated carbocycles. The molecule has 0 radical (unpaired) electrons. The molecule has 0 bridgehead atoms. The first-order valence-electron chi connectivity index (χ1n) is 3.57. The van der Waals surface area contributed by atoms with E-state index in [1.165, 1.54) is 12.1 Å². The van der Waals surface area contributed by atoms with Crippen molar-refractivity contribution in [1.82, 2.24) is 0 Å². The van der Waals surface area contributed by atoms with E-state index in [2.05, 4.69) is 6.58 Å². The zero-order valence-electron chi connectivity index (χ0n) is 6.60. The van der Waals surface area contributed by atoms with E-state index in [9.17, 15) is 4.39 Å². The first-order chi connectivity index (χ1) is 5.18. The highest BCUT2D eigenvalue weighted by atomic mass is 19.1. The van der Waals surface area contributed by atoms with Crippen LogP contribution < -0.4 is 0 Å². The summed E-state index contributed by atoms with van der Waals surface area (Å²) < 4.78 is 12.4. The lowest BCUT2D eigenvalue weighted by Crippen LogP contribution is -1.84. The Morgan fingerprint density at radius 2 is 1.91 bits per heavy atom. The maximum atomic E-state index is 12.4. The number of benzene rings is 1. The van der Waals surface area contributed by atoms with Gasteiger partial charge in [-0.25, -0.2) is 4.39 Å². The molecule has 0 spiro atoms. The standard InChI is InChI=1S/C10H11F/c1-8(2)7-9-3-5-10(11)6-4-9/h3-6H,1,7H2,2H3. The molecule has 1 aromatic rings. The van der Waals surface area contributed by atoms with Gasteiger partial charge in [-0.1, -0.05) is 24.3 Å². The molecule has 1 aromatic carbocycles. The highest BCUT2D eigenvalue weighted by molar-refractivity contribution is 5.20. The second kappa shape index (κ2) is 3.33. The van der Waals surface area contributed by atoms with E-state index < -0.39 is 0 Å². The lowest BCUT2D eigenvalue weighted by atomic mass is 10.1. The minimum atomic E-state index is -0.185. The van der Waals surface area contributed by atoms with Gasteiger partial charge in [0.1, 0.15) is 5.82 Å². The van der Waals surface area contributed by atoms with Crippen molar-refractivity contribution in [1.29, 1.82) is 0 Å². The van der Waals surface area contributed by atoms with Crippen molar-refractivity contribution in [3.8, 4) is 0 Å². The first kappa shape index (κ1) is 7.99. The van der Waals surface area contributed by atoms with Crippen LogP contribution in [0.4, 0.5) is 4.39 Å². The van der Waals surface area contributed by atoms with Gasteiger partial charge >= 0.3 is 0 Å². The minimum absolute atomic E-state index is 0.185. The van der Waals surface area contributed by atoms with Gasteiger partial charge in [0.2, 0.25) is 0 Å². The van der Waals surface area contributed by atoms with Crippen LogP contribution in [0.3, 0.4) is 0 Å². The number of allylic oxidation sites excluding steroid dienone is 1. The topological polar surface area (TPSA) is 0 Å². The van der Waals surface area contributed by atoms with Gasteiger partial charge < -0.3 is 0 Å². The van der Waals surface area contributed by atoms with Crippen molar-refractivity contribution in [2.75, 3.05) is 0 Å². The summed E-state index contributed by atoms with van der Waals surface area (Å²) in [4.78, 5) is 0. The van der Waals surface area contributed by atoms with Crippen LogP contribution in [-0.4, -0.2) is 0 Å². The van der Waals surface area contributed by atoms with Crippen LogP contribution >= 0.6 is 0 Å². The Kier molecular flexibility index (Phi) is 2.42. The molecule has 1 heteroatoms. The van der Waals surface area contributed by atoms with Crippen LogP contribution in [0.2, 0.25) is 0 Å². The van der Waals surface area contributed by atoms with Crippen molar-refractivity contribution in [2.24, 2.45) is 0 Å². The molecule has 58 valence electrons. The Morgan fingerprint density at radius 1 is 1.36 bits per heavy atom. The molecule has 0 saturated heterocycles. The molecule has 1 rings (SSSR count). The molecule has 0 aromatic heterocycles. The van der Waals surface area contributed by atoms with E-state index in [1.54, 1.807) is 12.1 Å². The molecule has 0 aliphatic carbocycles. The van der Waals surface area contributed by atoms with Gasteiger partial charge in [0.05, 0.1) is 0 Å². The fourth-order valence-electron chi connectivity index (χ4n) is 0.951. The summed E-state index contributed by atoms with van der Waals surface area (Å²) in [6.07, 6.45) is 0.834. The molecule has 0 fully saturated rings. The highest BCUT2D eigenvalue weighted by Crippen LogP contribution is 2.06. The maximum absolute atomic E-state index is 12.4. The fourth-order valence-corrected chi connectivity index (χ4v) is 0.951. The summed E-state index contributed by atoms with van der Waals surface area (Å²) in [5.74, 6) is -0.185. The Balaban J connectivity index is 2.74. The van der Waals surface area contributed by atoms with Crippen molar-refractivity contribution in [3.05, 3.63) is 47.8 Å². The van der Waals surface area contributed by atoms with Gasteiger partial charge in [-0.3, -0.25) is 0 Å². The fraction of sp³-hybridized carbons (Fsp3) is 0.200. The summed E-state index contributed by atoms with van der Waals surface area (Å²) in [6.45, 7) is 5.74. The van der Waals surface area contributed by atoms with Crippen LogP contribution in [-0.2, 0) is 6.42 Å². The summed E-state index contributed by atoms with van der Waals surface area (Å²) in [6, 6.07) is 6.50. The van der Waals surface area contributed by atoms with Crippen LogP contribution in [0.1, 0.15) is 12.5 Å². The van der Waals surface area contributed by atoms with E-state index in [0.717, 1.165) is 17.6 Å². The van der Waals surface area contributed by atoms with Crippen molar-refractivity contribution in [3.63, 3.8) is 0 Å². The summed E-state index contributed by atoms with van der Waals surface area (Å²) >= 11 is 0. The number of rotatable bonds is 2. The molecule has 0 N–H and O–H groups in total. The molecule has 0 atom stereocenters.